The Labute approximate surface area is 156 Å². The van der Waals surface area contributed by atoms with Crippen LogP contribution in [0, 0.1) is 0 Å². The van der Waals surface area contributed by atoms with Gasteiger partial charge in [-0.3, -0.25) is 18.7 Å². The molecule has 1 amide bonds. The Morgan fingerprint density at radius 1 is 1.33 bits per heavy atom. The van der Waals surface area contributed by atoms with E-state index in [2.05, 4.69) is 15.5 Å². The van der Waals surface area contributed by atoms with E-state index in [1.54, 1.807) is 0 Å². The van der Waals surface area contributed by atoms with Crippen LogP contribution in [-0.4, -0.2) is 35.9 Å². The van der Waals surface area contributed by atoms with Gasteiger partial charge in [-0.15, -0.1) is 0 Å². The summed E-state index contributed by atoms with van der Waals surface area (Å²) < 4.78 is 3.56. The van der Waals surface area contributed by atoms with Crippen molar-refractivity contribution in [1.29, 1.82) is 0 Å². The number of carbonyl (C=O) groups excluding carboxylic acids is 1. The van der Waals surface area contributed by atoms with E-state index < -0.39 is 17.2 Å². The Morgan fingerprint density at radius 2 is 2.07 bits per heavy atom. The van der Waals surface area contributed by atoms with Gasteiger partial charge in [-0.2, -0.15) is 5.10 Å². The van der Waals surface area contributed by atoms with Gasteiger partial charge in [-0.05, 0) is 18.2 Å². The molecule has 2 aromatic heterocycles. The molecular formula is C16H15ClN6O4. The summed E-state index contributed by atoms with van der Waals surface area (Å²) in [6, 6.07) is 4.41. The summed E-state index contributed by atoms with van der Waals surface area (Å²) in [5.74, 6) is -0.552. The number of nitrogens with zero attached hydrogens (tertiary/aromatic N) is 5. The molecule has 0 aliphatic carbocycles. The van der Waals surface area contributed by atoms with Crippen molar-refractivity contribution in [2.24, 2.45) is 19.2 Å². The average Bonchev–Trinajstić information content (AvgIpc) is 3.04. The molecule has 0 aliphatic heterocycles. The maximum Gasteiger partial charge on any atom is 0.332 e. The fourth-order valence-corrected chi connectivity index (χ4v) is 2.73. The second kappa shape index (κ2) is 7.08. The van der Waals surface area contributed by atoms with Crippen LogP contribution < -0.4 is 16.7 Å². The van der Waals surface area contributed by atoms with Gasteiger partial charge in [0.1, 0.15) is 17.9 Å². The minimum atomic E-state index is -0.540. The van der Waals surface area contributed by atoms with Crippen molar-refractivity contribution in [1.82, 2.24) is 24.1 Å². The summed E-state index contributed by atoms with van der Waals surface area (Å²) >= 11 is 5.83. The number of hydrazone groups is 1. The van der Waals surface area contributed by atoms with Gasteiger partial charge in [0.2, 0.25) is 0 Å². The fourth-order valence-electron chi connectivity index (χ4n) is 2.55. The number of hydrogen-bond donors (Lipinski definition) is 2. The summed E-state index contributed by atoms with van der Waals surface area (Å²) in [6.07, 6.45) is 2.55. The Hall–Kier alpha value is -3.40. The number of phenols is 1. The van der Waals surface area contributed by atoms with Crippen LogP contribution in [0.3, 0.4) is 0 Å². The van der Waals surface area contributed by atoms with Crippen molar-refractivity contribution in [3.05, 3.63) is 56.0 Å². The van der Waals surface area contributed by atoms with E-state index in [4.69, 9.17) is 11.6 Å². The normalized spacial score (nSPS) is 11.4. The van der Waals surface area contributed by atoms with Gasteiger partial charge in [0, 0.05) is 24.7 Å². The second-order valence-electron chi connectivity index (χ2n) is 5.75. The molecule has 0 bridgehead atoms. The zero-order chi connectivity index (χ0) is 19.7. The van der Waals surface area contributed by atoms with Crippen LogP contribution in [0.1, 0.15) is 5.56 Å². The summed E-state index contributed by atoms with van der Waals surface area (Å²) in [6.45, 7) is -0.212. The number of hydrogen-bond acceptors (Lipinski definition) is 6. The maximum absolute atomic E-state index is 12.1. The van der Waals surface area contributed by atoms with Gasteiger partial charge in [-0.1, -0.05) is 11.6 Å². The molecule has 27 heavy (non-hydrogen) atoms. The molecule has 1 aromatic carbocycles. The van der Waals surface area contributed by atoms with Crippen molar-refractivity contribution < 1.29 is 9.90 Å². The number of aromatic nitrogens is 4. The molecule has 0 aliphatic rings. The molecule has 3 rings (SSSR count). The SMILES string of the molecule is Cn1c(=O)c2ncn(CC(=O)NN=Cc3cc(Cl)ccc3O)c2n(C)c1=O. The lowest BCUT2D eigenvalue weighted by molar-refractivity contribution is -0.121. The van der Waals surface area contributed by atoms with E-state index in [9.17, 15) is 19.5 Å². The number of nitrogens with one attached hydrogen (secondary N) is 1. The number of amides is 1. The van der Waals surface area contributed by atoms with Crippen LogP contribution in [0.4, 0.5) is 0 Å². The Kier molecular flexibility index (Phi) is 4.82. The maximum atomic E-state index is 12.1. The highest BCUT2D eigenvalue weighted by Crippen LogP contribution is 2.19. The Bertz CT molecular complexity index is 1190. The van der Waals surface area contributed by atoms with Crippen LogP contribution in [0.2, 0.25) is 5.02 Å². The number of aromatic hydroxyl groups is 1. The number of fused-ring (bicyclic) bond motifs is 1. The van der Waals surface area contributed by atoms with Crippen molar-refractivity contribution >= 4 is 34.9 Å². The highest BCUT2D eigenvalue weighted by molar-refractivity contribution is 6.30. The Balaban J connectivity index is 1.81. The number of carbonyl (C=O) groups is 1. The van der Waals surface area contributed by atoms with Gasteiger partial charge in [0.15, 0.2) is 5.52 Å². The van der Waals surface area contributed by atoms with Crippen molar-refractivity contribution in [2.75, 3.05) is 0 Å². The van der Waals surface area contributed by atoms with E-state index in [1.807, 2.05) is 0 Å². The molecule has 140 valence electrons. The summed E-state index contributed by atoms with van der Waals surface area (Å²) in [5.41, 5.74) is 1.88. The van der Waals surface area contributed by atoms with Gasteiger partial charge in [-0.25, -0.2) is 15.2 Å². The lowest BCUT2D eigenvalue weighted by atomic mass is 10.2. The molecule has 0 fully saturated rings. The first-order valence-corrected chi connectivity index (χ1v) is 8.08. The lowest BCUT2D eigenvalue weighted by Crippen LogP contribution is -2.37. The summed E-state index contributed by atoms with van der Waals surface area (Å²) in [7, 11) is 2.84. The van der Waals surface area contributed by atoms with E-state index in [1.165, 1.54) is 54.0 Å². The van der Waals surface area contributed by atoms with Crippen LogP contribution in [0.5, 0.6) is 5.75 Å². The number of aryl methyl sites for hydroxylation is 1. The highest BCUT2D eigenvalue weighted by Gasteiger charge is 2.15. The third-order valence-electron chi connectivity index (χ3n) is 3.91. The van der Waals surface area contributed by atoms with Gasteiger partial charge < -0.3 is 9.67 Å². The molecule has 0 radical (unpaired) electrons. The molecule has 3 aromatic rings. The fraction of sp³-hybridized carbons (Fsp3) is 0.188. The molecule has 2 heterocycles. The predicted molar refractivity (Wildman–Crippen MR) is 99.1 cm³/mol. The first kappa shape index (κ1) is 18.4. The lowest BCUT2D eigenvalue weighted by Gasteiger charge is -2.07. The van der Waals surface area contributed by atoms with Crippen LogP contribution in [0.25, 0.3) is 11.2 Å². The van der Waals surface area contributed by atoms with Crippen LogP contribution >= 0.6 is 11.6 Å². The van der Waals surface area contributed by atoms with Crippen molar-refractivity contribution in [3.63, 3.8) is 0 Å². The minimum absolute atomic E-state index is 0.0381. The summed E-state index contributed by atoms with van der Waals surface area (Å²) in [4.78, 5) is 40.3. The highest BCUT2D eigenvalue weighted by atomic mass is 35.5. The topological polar surface area (TPSA) is 124 Å². The predicted octanol–water partition coefficient (Wildman–Crippen LogP) is -0.0570. The van der Waals surface area contributed by atoms with E-state index >= 15 is 0 Å². The van der Waals surface area contributed by atoms with E-state index in [-0.39, 0.29) is 23.5 Å². The Morgan fingerprint density at radius 3 is 2.81 bits per heavy atom. The molecule has 11 heteroatoms. The zero-order valence-electron chi connectivity index (χ0n) is 14.4. The molecule has 0 atom stereocenters. The molecule has 0 saturated carbocycles. The van der Waals surface area contributed by atoms with Crippen molar-refractivity contribution in [2.45, 2.75) is 6.54 Å². The van der Waals surface area contributed by atoms with Gasteiger partial charge >= 0.3 is 5.69 Å². The number of rotatable bonds is 4. The number of benzene rings is 1. The van der Waals surface area contributed by atoms with E-state index in [0.29, 0.717) is 10.6 Å². The summed E-state index contributed by atoms with van der Waals surface area (Å²) in [5, 5.41) is 13.9. The monoisotopic (exact) mass is 390 g/mol. The molecule has 2 N–H and O–H groups in total. The standard InChI is InChI=1S/C16H15ClN6O4/c1-21-14-13(15(26)22(2)16(21)27)18-8-23(14)7-12(25)20-19-6-9-5-10(17)3-4-11(9)24/h3-6,8,24H,7H2,1-2H3,(H,20,25). The number of imidazole rings is 1. The average molecular weight is 391 g/mol. The largest absolute Gasteiger partial charge is 0.507 e. The smallest absolute Gasteiger partial charge is 0.332 e. The third kappa shape index (κ3) is 3.47. The first-order chi connectivity index (χ1) is 12.8. The number of halogens is 1. The molecule has 0 saturated heterocycles. The van der Waals surface area contributed by atoms with Crippen LogP contribution in [-0.2, 0) is 25.4 Å². The zero-order valence-corrected chi connectivity index (χ0v) is 15.1. The second-order valence-corrected chi connectivity index (χ2v) is 6.18. The van der Waals surface area contributed by atoms with Crippen molar-refractivity contribution in [3.8, 4) is 5.75 Å². The van der Waals surface area contributed by atoms with E-state index in [0.717, 1.165) is 4.57 Å². The van der Waals surface area contributed by atoms with Crippen LogP contribution in [0.15, 0.2) is 39.2 Å². The van der Waals surface area contributed by atoms with Gasteiger partial charge in [0.05, 0.1) is 12.5 Å². The molecule has 0 spiro atoms. The van der Waals surface area contributed by atoms with Gasteiger partial charge in [0.25, 0.3) is 11.5 Å². The molecular weight excluding hydrogens is 376 g/mol. The quantitative estimate of drug-likeness (QED) is 0.477. The molecule has 10 nitrogen and oxygen atoms in total. The number of phenolic OH excluding ortho intramolecular Hbond substituents is 1. The third-order valence-corrected chi connectivity index (χ3v) is 4.14. The molecule has 0 unspecified atom stereocenters. The first-order valence-electron chi connectivity index (χ1n) is 7.71. The minimum Gasteiger partial charge on any atom is -0.507 e.